The van der Waals surface area contributed by atoms with Gasteiger partial charge in [-0.05, 0) is 36.5 Å². The normalized spacial score (nSPS) is 26.1. The summed E-state index contributed by atoms with van der Waals surface area (Å²) in [5.41, 5.74) is 6.34. The van der Waals surface area contributed by atoms with Gasteiger partial charge in [0.2, 0.25) is 0 Å². The van der Waals surface area contributed by atoms with Crippen LogP contribution in [0.4, 0.5) is 0 Å². The van der Waals surface area contributed by atoms with Crippen LogP contribution in [0.5, 0.6) is 5.75 Å². The molecule has 0 radical (unpaired) electrons. The van der Waals surface area contributed by atoms with Crippen molar-refractivity contribution in [3.8, 4) is 5.75 Å². The van der Waals surface area contributed by atoms with Crippen molar-refractivity contribution in [1.82, 2.24) is 0 Å². The van der Waals surface area contributed by atoms with E-state index in [1.165, 1.54) is 0 Å². The van der Waals surface area contributed by atoms with Crippen molar-refractivity contribution in [3.63, 3.8) is 0 Å². The van der Waals surface area contributed by atoms with E-state index in [1.807, 2.05) is 24.3 Å². The monoisotopic (exact) mass is 277 g/mol. The molecule has 0 aliphatic heterocycles. The van der Waals surface area contributed by atoms with Crippen LogP contribution in [-0.4, -0.2) is 18.6 Å². The lowest BCUT2D eigenvalue weighted by atomic mass is 9.77. The molecule has 1 fully saturated rings. The fraction of sp³-hybridized carbons (Fsp3) is 0.562. The summed E-state index contributed by atoms with van der Waals surface area (Å²) in [7, 11) is 1.62. The molecule has 0 aromatic heterocycles. The summed E-state index contributed by atoms with van der Waals surface area (Å²) < 4.78 is 10.5. The Morgan fingerprint density at radius 3 is 2.70 bits per heavy atom. The predicted molar refractivity (Wildman–Crippen MR) is 77.3 cm³/mol. The van der Waals surface area contributed by atoms with Gasteiger partial charge < -0.3 is 15.2 Å². The van der Waals surface area contributed by atoms with Gasteiger partial charge in [-0.2, -0.15) is 0 Å². The topological polar surface area (TPSA) is 61.5 Å². The van der Waals surface area contributed by atoms with Gasteiger partial charge in [0.15, 0.2) is 0 Å². The molecule has 1 aliphatic rings. The van der Waals surface area contributed by atoms with E-state index in [0.717, 1.165) is 30.6 Å². The molecule has 0 heterocycles. The van der Waals surface area contributed by atoms with E-state index in [4.69, 9.17) is 15.2 Å². The average molecular weight is 277 g/mol. The molecule has 1 aromatic carbocycles. The van der Waals surface area contributed by atoms with E-state index in [-0.39, 0.29) is 12.6 Å². The van der Waals surface area contributed by atoms with Gasteiger partial charge in [-0.25, -0.2) is 0 Å². The molecule has 0 amide bonds. The molecule has 0 saturated heterocycles. The van der Waals surface area contributed by atoms with Gasteiger partial charge in [0.1, 0.15) is 17.9 Å². The van der Waals surface area contributed by atoms with Crippen LogP contribution < -0.4 is 10.5 Å². The average Bonchev–Trinajstić information content (AvgIpc) is 2.45. The second-order valence-electron chi connectivity index (χ2n) is 5.78. The maximum absolute atomic E-state index is 12.2. The first-order chi connectivity index (χ1) is 9.53. The highest BCUT2D eigenvalue weighted by Crippen LogP contribution is 2.31. The fourth-order valence-corrected chi connectivity index (χ4v) is 2.79. The maximum atomic E-state index is 12.2. The highest BCUT2D eigenvalue weighted by molar-refractivity contribution is 5.80. The van der Waals surface area contributed by atoms with Gasteiger partial charge in [-0.1, -0.05) is 31.9 Å². The van der Waals surface area contributed by atoms with E-state index in [2.05, 4.69) is 6.92 Å². The van der Waals surface area contributed by atoms with Crippen LogP contribution >= 0.6 is 0 Å². The Hall–Kier alpha value is -1.55. The first-order valence-corrected chi connectivity index (χ1v) is 7.12. The van der Waals surface area contributed by atoms with E-state index in [1.54, 1.807) is 7.11 Å². The maximum Gasteiger partial charge on any atom is 0.326 e. The van der Waals surface area contributed by atoms with Gasteiger partial charge in [-0.3, -0.25) is 4.79 Å². The number of benzene rings is 1. The Balaban J connectivity index is 1.90. The van der Waals surface area contributed by atoms with Crippen molar-refractivity contribution in [3.05, 3.63) is 29.8 Å². The molecular formula is C16H23NO3. The number of rotatable bonds is 4. The number of hydrogen-bond acceptors (Lipinski definition) is 4. The number of esters is 1. The van der Waals surface area contributed by atoms with Gasteiger partial charge in [0.05, 0.1) is 7.11 Å². The third-order valence-electron chi connectivity index (χ3n) is 3.97. The minimum Gasteiger partial charge on any atom is -0.497 e. The molecule has 20 heavy (non-hydrogen) atoms. The second-order valence-corrected chi connectivity index (χ2v) is 5.78. The van der Waals surface area contributed by atoms with Gasteiger partial charge in [0.25, 0.3) is 0 Å². The standard InChI is InChI=1S/C16H23NO3/c1-12-4-3-9-16(17,10-12)15(18)20-11-13-5-7-14(19-2)8-6-13/h5-8,12H,3-4,9-11,17H2,1-2H3. The third-order valence-corrected chi connectivity index (χ3v) is 3.97. The molecule has 110 valence electrons. The Morgan fingerprint density at radius 1 is 1.40 bits per heavy atom. The molecule has 2 N–H and O–H groups in total. The second kappa shape index (κ2) is 6.27. The summed E-state index contributed by atoms with van der Waals surface area (Å²) in [5.74, 6) is 0.999. The van der Waals surface area contributed by atoms with Crippen LogP contribution in [0.1, 0.15) is 38.2 Å². The molecule has 1 saturated carbocycles. The Labute approximate surface area is 120 Å². The number of hydrogen-bond donors (Lipinski definition) is 1. The van der Waals surface area contributed by atoms with Crippen molar-refractivity contribution in [2.24, 2.45) is 11.7 Å². The van der Waals surface area contributed by atoms with Crippen LogP contribution in [0.3, 0.4) is 0 Å². The van der Waals surface area contributed by atoms with Crippen molar-refractivity contribution in [1.29, 1.82) is 0 Å². The SMILES string of the molecule is COc1ccc(COC(=O)C2(N)CCCC(C)C2)cc1. The quantitative estimate of drug-likeness (QED) is 0.859. The fourth-order valence-electron chi connectivity index (χ4n) is 2.79. The number of carbonyl (C=O) groups excluding carboxylic acids is 1. The molecule has 2 unspecified atom stereocenters. The van der Waals surface area contributed by atoms with Crippen LogP contribution in [-0.2, 0) is 16.1 Å². The smallest absolute Gasteiger partial charge is 0.326 e. The highest BCUT2D eigenvalue weighted by Gasteiger charge is 2.39. The van der Waals surface area contributed by atoms with E-state index in [0.29, 0.717) is 12.3 Å². The van der Waals surface area contributed by atoms with Gasteiger partial charge in [0, 0.05) is 0 Å². The Kier molecular flexibility index (Phi) is 4.65. The van der Waals surface area contributed by atoms with E-state index >= 15 is 0 Å². The minimum atomic E-state index is -0.801. The minimum absolute atomic E-state index is 0.260. The molecule has 0 spiro atoms. The molecule has 4 nitrogen and oxygen atoms in total. The lowest BCUT2D eigenvalue weighted by molar-refractivity contribution is -0.153. The number of carbonyl (C=O) groups is 1. The molecule has 1 aliphatic carbocycles. The first-order valence-electron chi connectivity index (χ1n) is 7.12. The Morgan fingerprint density at radius 2 is 2.10 bits per heavy atom. The zero-order valence-electron chi connectivity index (χ0n) is 12.2. The number of ether oxygens (including phenoxy) is 2. The van der Waals surface area contributed by atoms with Crippen molar-refractivity contribution < 1.29 is 14.3 Å². The molecule has 2 atom stereocenters. The van der Waals surface area contributed by atoms with E-state index < -0.39 is 5.54 Å². The van der Waals surface area contributed by atoms with Crippen LogP contribution in [0, 0.1) is 5.92 Å². The largest absolute Gasteiger partial charge is 0.497 e. The lowest BCUT2D eigenvalue weighted by Gasteiger charge is -2.34. The highest BCUT2D eigenvalue weighted by atomic mass is 16.5. The zero-order chi connectivity index (χ0) is 14.6. The number of nitrogens with two attached hydrogens (primary N) is 1. The van der Waals surface area contributed by atoms with Gasteiger partial charge >= 0.3 is 5.97 Å². The summed E-state index contributed by atoms with van der Waals surface area (Å²) in [4.78, 5) is 12.2. The summed E-state index contributed by atoms with van der Waals surface area (Å²) in [5, 5.41) is 0. The lowest BCUT2D eigenvalue weighted by Crippen LogP contribution is -2.51. The first kappa shape index (κ1) is 14.9. The predicted octanol–water partition coefficient (Wildman–Crippen LogP) is 2.65. The molecule has 4 heteroatoms. The molecular weight excluding hydrogens is 254 g/mol. The summed E-state index contributed by atoms with van der Waals surface area (Å²) in [6.45, 7) is 2.40. The van der Waals surface area contributed by atoms with Crippen LogP contribution in [0.2, 0.25) is 0 Å². The van der Waals surface area contributed by atoms with E-state index in [9.17, 15) is 4.79 Å². The van der Waals surface area contributed by atoms with Crippen molar-refractivity contribution in [2.45, 2.75) is 44.8 Å². The third kappa shape index (κ3) is 3.51. The van der Waals surface area contributed by atoms with Crippen molar-refractivity contribution >= 4 is 5.97 Å². The zero-order valence-corrected chi connectivity index (χ0v) is 12.2. The molecule has 0 bridgehead atoms. The molecule has 1 aromatic rings. The van der Waals surface area contributed by atoms with Gasteiger partial charge in [-0.15, -0.1) is 0 Å². The number of methoxy groups -OCH3 is 1. The van der Waals surface area contributed by atoms with Crippen LogP contribution in [0.15, 0.2) is 24.3 Å². The summed E-state index contributed by atoms with van der Waals surface area (Å²) in [6, 6.07) is 7.48. The molecule has 2 rings (SSSR count). The van der Waals surface area contributed by atoms with Crippen molar-refractivity contribution in [2.75, 3.05) is 7.11 Å². The summed E-state index contributed by atoms with van der Waals surface area (Å²) in [6.07, 6.45) is 3.58. The summed E-state index contributed by atoms with van der Waals surface area (Å²) >= 11 is 0. The van der Waals surface area contributed by atoms with Crippen LogP contribution in [0.25, 0.3) is 0 Å². The Bertz CT molecular complexity index is 457.